The standard InChI is InChI=1S/C24H38N4O4/c1-31-21-17-20(18-22(19-21)32-2)24(30)28(13-6-12-26-10-4-3-5-11-26)14-7-23(29)27-15-8-25-9-16-27/h17-19,25H,3-16H2,1-2H3. The molecule has 1 aromatic rings. The third kappa shape index (κ3) is 7.10. The van der Waals surface area contributed by atoms with Crippen LogP contribution < -0.4 is 14.8 Å². The topological polar surface area (TPSA) is 74.4 Å². The van der Waals surface area contributed by atoms with Crippen LogP contribution in [0.1, 0.15) is 42.5 Å². The highest BCUT2D eigenvalue weighted by molar-refractivity contribution is 5.95. The number of carbonyl (C=O) groups is 2. The average Bonchev–Trinajstić information content (AvgIpc) is 2.86. The minimum Gasteiger partial charge on any atom is -0.497 e. The number of methoxy groups -OCH3 is 2. The monoisotopic (exact) mass is 446 g/mol. The van der Waals surface area contributed by atoms with Crippen molar-refractivity contribution < 1.29 is 19.1 Å². The van der Waals surface area contributed by atoms with Crippen LogP contribution in [-0.4, -0.2) is 99.6 Å². The van der Waals surface area contributed by atoms with Crippen molar-refractivity contribution in [2.24, 2.45) is 0 Å². The molecular formula is C24H38N4O4. The number of benzene rings is 1. The number of nitrogens with one attached hydrogen (secondary N) is 1. The Morgan fingerprint density at radius 2 is 1.59 bits per heavy atom. The summed E-state index contributed by atoms with van der Waals surface area (Å²) >= 11 is 0. The Morgan fingerprint density at radius 1 is 0.938 bits per heavy atom. The molecule has 2 saturated heterocycles. The molecule has 0 unspecified atom stereocenters. The van der Waals surface area contributed by atoms with E-state index in [0.29, 0.717) is 36.6 Å². The van der Waals surface area contributed by atoms with Crippen molar-refractivity contribution in [2.75, 3.05) is 73.1 Å². The summed E-state index contributed by atoms with van der Waals surface area (Å²) in [5.74, 6) is 1.19. The van der Waals surface area contributed by atoms with Gasteiger partial charge in [-0.3, -0.25) is 9.59 Å². The molecule has 8 nitrogen and oxygen atoms in total. The average molecular weight is 447 g/mol. The zero-order chi connectivity index (χ0) is 22.8. The molecule has 1 N–H and O–H groups in total. The number of carbonyl (C=O) groups excluding carboxylic acids is 2. The first kappa shape index (κ1) is 24.3. The van der Waals surface area contributed by atoms with Gasteiger partial charge in [-0.15, -0.1) is 0 Å². The minimum atomic E-state index is -0.0889. The van der Waals surface area contributed by atoms with E-state index in [2.05, 4.69) is 10.2 Å². The van der Waals surface area contributed by atoms with Crippen molar-refractivity contribution in [3.63, 3.8) is 0 Å². The molecule has 0 aliphatic carbocycles. The van der Waals surface area contributed by atoms with E-state index in [1.54, 1.807) is 32.4 Å². The highest BCUT2D eigenvalue weighted by Crippen LogP contribution is 2.24. The molecule has 0 bridgehead atoms. The van der Waals surface area contributed by atoms with Gasteiger partial charge in [-0.05, 0) is 51.0 Å². The number of ether oxygens (including phenoxy) is 2. The molecule has 0 spiro atoms. The molecule has 2 aliphatic heterocycles. The fourth-order valence-electron chi connectivity index (χ4n) is 4.40. The fourth-order valence-corrected chi connectivity index (χ4v) is 4.40. The SMILES string of the molecule is COc1cc(OC)cc(C(=O)N(CCCN2CCCCC2)CCC(=O)N2CCNCC2)c1. The molecule has 32 heavy (non-hydrogen) atoms. The number of amides is 2. The summed E-state index contributed by atoms with van der Waals surface area (Å²) in [5, 5.41) is 3.27. The fraction of sp³-hybridized carbons (Fsp3) is 0.667. The highest BCUT2D eigenvalue weighted by atomic mass is 16.5. The van der Waals surface area contributed by atoms with E-state index in [9.17, 15) is 9.59 Å². The van der Waals surface area contributed by atoms with E-state index in [-0.39, 0.29) is 11.8 Å². The largest absolute Gasteiger partial charge is 0.497 e. The molecule has 0 saturated carbocycles. The Morgan fingerprint density at radius 3 is 2.22 bits per heavy atom. The van der Waals surface area contributed by atoms with Crippen LogP contribution in [0.2, 0.25) is 0 Å². The molecule has 0 radical (unpaired) electrons. The van der Waals surface area contributed by atoms with Gasteiger partial charge in [-0.1, -0.05) is 6.42 Å². The molecule has 2 amide bonds. The molecule has 2 aliphatic rings. The number of nitrogens with zero attached hydrogens (tertiary/aromatic N) is 3. The summed E-state index contributed by atoms with van der Waals surface area (Å²) in [6.07, 6.45) is 5.06. The van der Waals surface area contributed by atoms with Crippen LogP contribution in [0.5, 0.6) is 11.5 Å². The zero-order valence-corrected chi connectivity index (χ0v) is 19.6. The first-order chi connectivity index (χ1) is 15.6. The van der Waals surface area contributed by atoms with E-state index in [4.69, 9.17) is 9.47 Å². The van der Waals surface area contributed by atoms with Crippen LogP contribution in [0.3, 0.4) is 0 Å². The van der Waals surface area contributed by atoms with Crippen molar-refractivity contribution >= 4 is 11.8 Å². The van der Waals surface area contributed by atoms with Gasteiger partial charge in [0, 0.05) is 57.3 Å². The van der Waals surface area contributed by atoms with Crippen LogP contribution in [-0.2, 0) is 4.79 Å². The first-order valence-electron chi connectivity index (χ1n) is 11.8. The van der Waals surface area contributed by atoms with Gasteiger partial charge in [0.05, 0.1) is 14.2 Å². The Hall–Kier alpha value is -2.32. The number of hydrogen-bond donors (Lipinski definition) is 1. The molecule has 2 fully saturated rings. The summed E-state index contributed by atoms with van der Waals surface area (Å²) in [4.78, 5) is 32.3. The van der Waals surface area contributed by atoms with Gasteiger partial charge in [0.25, 0.3) is 5.91 Å². The zero-order valence-electron chi connectivity index (χ0n) is 19.6. The van der Waals surface area contributed by atoms with Crippen LogP contribution in [0.25, 0.3) is 0 Å². The maximum atomic E-state index is 13.4. The summed E-state index contributed by atoms with van der Waals surface area (Å²) in [6.45, 7) is 7.43. The second kappa shape index (κ2) is 12.6. The van der Waals surface area contributed by atoms with Gasteiger partial charge in [0.2, 0.25) is 5.91 Å². The van der Waals surface area contributed by atoms with Crippen molar-refractivity contribution in [1.29, 1.82) is 0 Å². The van der Waals surface area contributed by atoms with E-state index in [0.717, 1.165) is 52.2 Å². The van der Waals surface area contributed by atoms with Crippen molar-refractivity contribution in [1.82, 2.24) is 20.0 Å². The van der Waals surface area contributed by atoms with E-state index >= 15 is 0 Å². The smallest absolute Gasteiger partial charge is 0.254 e. The molecule has 2 heterocycles. The van der Waals surface area contributed by atoms with Gasteiger partial charge in [0.1, 0.15) is 11.5 Å². The van der Waals surface area contributed by atoms with E-state index < -0.39 is 0 Å². The van der Waals surface area contributed by atoms with E-state index in [1.807, 2.05) is 9.80 Å². The molecule has 1 aromatic carbocycles. The normalized spacial score (nSPS) is 17.1. The third-order valence-electron chi connectivity index (χ3n) is 6.30. The van der Waals surface area contributed by atoms with Crippen molar-refractivity contribution in [2.45, 2.75) is 32.1 Å². The predicted octanol–water partition coefficient (Wildman–Crippen LogP) is 1.84. The summed E-state index contributed by atoms with van der Waals surface area (Å²) in [7, 11) is 3.15. The predicted molar refractivity (Wildman–Crippen MR) is 124 cm³/mol. The van der Waals surface area contributed by atoms with E-state index in [1.165, 1.54) is 19.3 Å². The van der Waals surface area contributed by atoms with Crippen LogP contribution in [0.15, 0.2) is 18.2 Å². The lowest BCUT2D eigenvalue weighted by atomic mass is 10.1. The summed E-state index contributed by atoms with van der Waals surface area (Å²) in [5.41, 5.74) is 0.522. The van der Waals surface area contributed by atoms with Gasteiger partial charge in [0.15, 0.2) is 0 Å². The second-order valence-electron chi connectivity index (χ2n) is 8.53. The summed E-state index contributed by atoms with van der Waals surface area (Å²) < 4.78 is 10.7. The van der Waals surface area contributed by atoms with Gasteiger partial charge in [-0.25, -0.2) is 0 Å². The lowest BCUT2D eigenvalue weighted by molar-refractivity contribution is -0.131. The Balaban J connectivity index is 1.65. The number of hydrogen-bond acceptors (Lipinski definition) is 6. The maximum absolute atomic E-state index is 13.4. The Bertz CT molecular complexity index is 723. The maximum Gasteiger partial charge on any atom is 0.254 e. The molecule has 3 rings (SSSR count). The van der Waals surface area contributed by atoms with Crippen molar-refractivity contribution in [3.8, 4) is 11.5 Å². The number of rotatable bonds is 10. The molecule has 0 atom stereocenters. The van der Waals surface area contributed by atoms with Gasteiger partial charge in [-0.2, -0.15) is 0 Å². The minimum absolute atomic E-state index is 0.0889. The second-order valence-corrected chi connectivity index (χ2v) is 8.53. The van der Waals surface area contributed by atoms with Crippen LogP contribution in [0, 0.1) is 0 Å². The molecular weight excluding hydrogens is 408 g/mol. The van der Waals surface area contributed by atoms with Gasteiger partial charge < -0.3 is 29.5 Å². The lowest BCUT2D eigenvalue weighted by Gasteiger charge is -2.30. The summed E-state index contributed by atoms with van der Waals surface area (Å²) in [6, 6.07) is 5.23. The molecule has 178 valence electrons. The quantitative estimate of drug-likeness (QED) is 0.591. The molecule has 8 heteroatoms. The van der Waals surface area contributed by atoms with Crippen molar-refractivity contribution in [3.05, 3.63) is 23.8 Å². The third-order valence-corrected chi connectivity index (χ3v) is 6.30. The lowest BCUT2D eigenvalue weighted by Crippen LogP contribution is -2.47. The highest BCUT2D eigenvalue weighted by Gasteiger charge is 2.22. The Kier molecular flexibility index (Phi) is 9.62. The van der Waals surface area contributed by atoms with Gasteiger partial charge >= 0.3 is 0 Å². The first-order valence-corrected chi connectivity index (χ1v) is 11.8. The Labute approximate surface area is 191 Å². The molecule has 0 aromatic heterocycles. The number of piperazine rings is 1. The number of likely N-dealkylation sites (tertiary alicyclic amines) is 1. The van der Waals surface area contributed by atoms with Crippen LogP contribution in [0.4, 0.5) is 0 Å². The van der Waals surface area contributed by atoms with Crippen LogP contribution >= 0.6 is 0 Å². The number of piperidine rings is 1.